The fraction of sp³-hybridized carbons (Fsp3) is 0.706. The van der Waals surface area contributed by atoms with E-state index >= 15 is 0 Å². The topological polar surface area (TPSA) is 20.2 Å². The molecular weight excluding hydrogens is 220 g/mol. The molecule has 1 aliphatic carbocycles. The predicted molar refractivity (Wildman–Crippen MR) is 83.5 cm³/mol. The van der Waals surface area contributed by atoms with Crippen molar-refractivity contribution in [3.05, 3.63) is 30.7 Å². The second kappa shape index (κ2) is 16.4. The first-order valence-corrected chi connectivity index (χ1v) is 7.53. The van der Waals surface area contributed by atoms with Crippen LogP contribution < -0.4 is 0 Å². The van der Waals surface area contributed by atoms with Gasteiger partial charge in [0.2, 0.25) is 0 Å². The van der Waals surface area contributed by atoms with Crippen molar-refractivity contribution in [2.75, 3.05) is 6.61 Å². The molecule has 2 atom stereocenters. The van der Waals surface area contributed by atoms with Crippen LogP contribution >= 0.6 is 0 Å². The van der Waals surface area contributed by atoms with Gasteiger partial charge < -0.3 is 5.11 Å². The van der Waals surface area contributed by atoms with Crippen LogP contribution in [0.15, 0.2) is 24.3 Å². The first-order valence-electron chi connectivity index (χ1n) is 7.53. The van der Waals surface area contributed by atoms with Crippen LogP contribution in [-0.2, 0) is 0 Å². The summed E-state index contributed by atoms with van der Waals surface area (Å²) in [7, 11) is 0. The van der Waals surface area contributed by atoms with Gasteiger partial charge in [-0.15, -0.1) is 0 Å². The third kappa shape index (κ3) is 13.5. The molecule has 0 aliphatic heterocycles. The fourth-order valence-electron chi connectivity index (χ4n) is 1.58. The van der Waals surface area contributed by atoms with Gasteiger partial charge in [-0.05, 0) is 31.1 Å². The van der Waals surface area contributed by atoms with Gasteiger partial charge in [-0.25, -0.2) is 0 Å². The maximum Gasteiger partial charge on any atom is 0.0433 e. The van der Waals surface area contributed by atoms with Gasteiger partial charge in [0, 0.05) is 6.61 Å². The number of hydrogen-bond donors (Lipinski definition) is 1. The highest BCUT2D eigenvalue weighted by molar-refractivity contribution is 5.18. The van der Waals surface area contributed by atoms with E-state index in [4.69, 9.17) is 5.11 Å². The summed E-state index contributed by atoms with van der Waals surface area (Å²) in [6, 6.07) is 0. The molecular formula is C17H33O. The average Bonchev–Trinajstić information content (AvgIpc) is 2.41. The van der Waals surface area contributed by atoms with Crippen molar-refractivity contribution in [1.82, 2.24) is 0 Å². The summed E-state index contributed by atoms with van der Waals surface area (Å²) < 4.78 is 0. The standard InChI is InChI=1S/C12H19O.C3H8.C2H6/c1-11(9-10-13)7-8-12-5-3-2-4-6-12;1-3-2;1-2/h2-6,11-13H,7-10H2,1H3;3H2,1-2H3;1-2H3. The molecule has 1 nitrogen and oxygen atoms in total. The Balaban J connectivity index is 0. The van der Waals surface area contributed by atoms with Gasteiger partial charge >= 0.3 is 0 Å². The van der Waals surface area contributed by atoms with Crippen LogP contribution in [0.2, 0.25) is 0 Å². The first-order chi connectivity index (χ1) is 8.74. The minimum atomic E-state index is 0.325. The minimum absolute atomic E-state index is 0.325. The normalized spacial score (nSPS) is 18.2. The maximum absolute atomic E-state index is 8.74. The molecule has 0 aromatic heterocycles. The summed E-state index contributed by atoms with van der Waals surface area (Å²) in [5.41, 5.74) is 0. The highest BCUT2D eigenvalue weighted by Crippen LogP contribution is 2.20. The Morgan fingerprint density at radius 2 is 1.67 bits per heavy atom. The zero-order valence-electron chi connectivity index (χ0n) is 13.0. The van der Waals surface area contributed by atoms with Crippen LogP contribution in [0.4, 0.5) is 0 Å². The van der Waals surface area contributed by atoms with Gasteiger partial charge in [-0.3, -0.25) is 0 Å². The van der Waals surface area contributed by atoms with Gasteiger partial charge in [0.15, 0.2) is 0 Å². The zero-order chi connectivity index (χ0) is 14.2. The van der Waals surface area contributed by atoms with Gasteiger partial charge in [0.05, 0.1) is 0 Å². The van der Waals surface area contributed by atoms with E-state index < -0.39 is 0 Å². The van der Waals surface area contributed by atoms with E-state index in [1.807, 2.05) is 13.8 Å². The van der Waals surface area contributed by atoms with Crippen molar-refractivity contribution < 1.29 is 5.11 Å². The number of aliphatic hydroxyl groups is 1. The summed E-state index contributed by atoms with van der Waals surface area (Å²) in [6.45, 7) is 10.8. The molecule has 1 N–H and O–H groups in total. The maximum atomic E-state index is 8.74. The molecule has 0 saturated heterocycles. The molecule has 0 fully saturated rings. The van der Waals surface area contributed by atoms with Crippen molar-refractivity contribution in [3.8, 4) is 0 Å². The molecule has 0 spiro atoms. The van der Waals surface area contributed by atoms with Crippen LogP contribution in [-0.4, -0.2) is 11.7 Å². The summed E-state index contributed by atoms with van der Waals surface area (Å²) in [6.07, 6.45) is 15.4. The predicted octanol–water partition coefficient (Wildman–Crippen LogP) is 5.17. The third-order valence-electron chi connectivity index (χ3n) is 2.55. The summed E-state index contributed by atoms with van der Waals surface area (Å²) in [5, 5.41) is 8.74. The Bertz CT molecular complexity index is 194. The highest BCUT2D eigenvalue weighted by atomic mass is 16.3. The molecule has 0 heterocycles. The molecule has 1 rings (SSSR count). The molecule has 0 bridgehead atoms. The Hall–Kier alpha value is -0.560. The van der Waals surface area contributed by atoms with Crippen molar-refractivity contribution in [1.29, 1.82) is 0 Å². The van der Waals surface area contributed by atoms with E-state index in [0.29, 0.717) is 18.4 Å². The number of rotatable bonds is 5. The van der Waals surface area contributed by atoms with E-state index in [2.05, 4.69) is 51.5 Å². The molecule has 1 heteroatoms. The molecule has 107 valence electrons. The van der Waals surface area contributed by atoms with Crippen molar-refractivity contribution >= 4 is 0 Å². The van der Waals surface area contributed by atoms with Gasteiger partial charge in [-0.1, -0.05) is 71.8 Å². The third-order valence-corrected chi connectivity index (χ3v) is 2.55. The molecule has 18 heavy (non-hydrogen) atoms. The van der Waals surface area contributed by atoms with Crippen LogP contribution in [0, 0.1) is 18.3 Å². The quantitative estimate of drug-likeness (QED) is 0.716. The van der Waals surface area contributed by atoms with Gasteiger partial charge in [0.25, 0.3) is 0 Å². The monoisotopic (exact) mass is 253 g/mol. The highest BCUT2D eigenvalue weighted by Gasteiger charge is 2.08. The van der Waals surface area contributed by atoms with E-state index in [9.17, 15) is 0 Å². The van der Waals surface area contributed by atoms with Crippen molar-refractivity contribution in [2.24, 2.45) is 11.8 Å². The largest absolute Gasteiger partial charge is 0.396 e. The molecule has 0 aromatic carbocycles. The molecule has 0 aromatic rings. The lowest BCUT2D eigenvalue weighted by Crippen LogP contribution is -2.04. The van der Waals surface area contributed by atoms with E-state index in [0.717, 1.165) is 6.42 Å². The van der Waals surface area contributed by atoms with Crippen LogP contribution in [0.1, 0.15) is 60.3 Å². The Morgan fingerprint density at radius 1 is 1.06 bits per heavy atom. The minimum Gasteiger partial charge on any atom is -0.396 e. The molecule has 1 aliphatic rings. The lowest BCUT2D eigenvalue weighted by Gasteiger charge is -2.15. The lowest BCUT2D eigenvalue weighted by atomic mass is 9.91. The SMILES string of the molecule is CC.CC(CCO)CCC1[CH]C=CC=C1.CCC. The van der Waals surface area contributed by atoms with E-state index in [-0.39, 0.29) is 0 Å². The van der Waals surface area contributed by atoms with E-state index in [1.165, 1.54) is 19.3 Å². The first kappa shape index (κ1) is 19.8. The Kier molecular flexibility index (Phi) is 18.1. The second-order valence-electron chi connectivity index (χ2n) is 4.53. The molecule has 1 radical (unpaired) electrons. The lowest BCUT2D eigenvalue weighted by molar-refractivity contribution is 0.255. The Labute approximate surface area is 115 Å². The van der Waals surface area contributed by atoms with Gasteiger partial charge in [-0.2, -0.15) is 0 Å². The second-order valence-corrected chi connectivity index (χ2v) is 4.53. The fourth-order valence-corrected chi connectivity index (χ4v) is 1.58. The van der Waals surface area contributed by atoms with Crippen molar-refractivity contribution in [2.45, 2.75) is 60.3 Å². The number of aliphatic hydroxyl groups excluding tert-OH is 1. The van der Waals surface area contributed by atoms with Crippen LogP contribution in [0.5, 0.6) is 0 Å². The Morgan fingerprint density at radius 3 is 2.11 bits per heavy atom. The molecule has 0 saturated carbocycles. The summed E-state index contributed by atoms with van der Waals surface area (Å²) in [4.78, 5) is 0. The average molecular weight is 253 g/mol. The van der Waals surface area contributed by atoms with Crippen LogP contribution in [0.25, 0.3) is 0 Å². The molecule has 0 amide bonds. The summed E-state index contributed by atoms with van der Waals surface area (Å²) >= 11 is 0. The zero-order valence-corrected chi connectivity index (χ0v) is 13.0. The summed E-state index contributed by atoms with van der Waals surface area (Å²) in [5.74, 6) is 1.27. The van der Waals surface area contributed by atoms with E-state index in [1.54, 1.807) is 0 Å². The van der Waals surface area contributed by atoms with Gasteiger partial charge in [0.1, 0.15) is 0 Å². The van der Waals surface area contributed by atoms with Crippen molar-refractivity contribution in [3.63, 3.8) is 0 Å². The molecule has 2 unspecified atom stereocenters. The number of hydrogen-bond acceptors (Lipinski definition) is 1. The van der Waals surface area contributed by atoms with Crippen LogP contribution in [0.3, 0.4) is 0 Å². The smallest absolute Gasteiger partial charge is 0.0433 e. The number of allylic oxidation sites excluding steroid dienone is 4.